The number of fused-ring (bicyclic) bond motifs is 5. The molecule has 4 aliphatic rings. The number of rotatable bonds is 5. The van der Waals surface area contributed by atoms with Crippen molar-refractivity contribution in [1.82, 2.24) is 0 Å². The third kappa shape index (κ3) is 3.83. The highest BCUT2D eigenvalue weighted by Gasteiger charge is 2.61. The Labute approximate surface area is 191 Å². The van der Waals surface area contributed by atoms with Gasteiger partial charge in [-0.05, 0) is 116 Å². The normalized spacial score (nSPS) is 49.0. The van der Waals surface area contributed by atoms with E-state index in [0.717, 1.165) is 30.6 Å². The number of aliphatic hydroxyl groups excluding tert-OH is 3. The van der Waals surface area contributed by atoms with Crippen molar-refractivity contribution in [3.8, 4) is 0 Å². The van der Waals surface area contributed by atoms with Gasteiger partial charge in [-0.1, -0.05) is 41.5 Å². The SMILES string of the molecule is CC(C)[C@H](C)[C@@H](O)[C@H](O)[C@@H](C)[C@H]1CCC2[C@@H]3CC[C@H]4C[C@@H](O)CC[C@]4(C)[C@H]3CC[C@@]21C. The van der Waals surface area contributed by atoms with Crippen molar-refractivity contribution in [1.29, 1.82) is 0 Å². The van der Waals surface area contributed by atoms with Crippen LogP contribution in [-0.4, -0.2) is 33.6 Å². The first kappa shape index (κ1) is 24.0. The molecule has 0 bridgehead atoms. The van der Waals surface area contributed by atoms with Crippen molar-refractivity contribution in [2.75, 3.05) is 0 Å². The molecule has 0 radical (unpaired) electrons. The van der Waals surface area contributed by atoms with Gasteiger partial charge in [-0.3, -0.25) is 0 Å². The lowest BCUT2D eigenvalue weighted by molar-refractivity contribution is -0.136. The maximum absolute atomic E-state index is 11.1. The summed E-state index contributed by atoms with van der Waals surface area (Å²) in [7, 11) is 0. The van der Waals surface area contributed by atoms with Crippen LogP contribution >= 0.6 is 0 Å². The molecule has 3 heteroatoms. The smallest absolute Gasteiger partial charge is 0.0830 e. The van der Waals surface area contributed by atoms with Crippen molar-refractivity contribution in [2.45, 2.75) is 118 Å². The molecular formula is C28H50O3. The zero-order valence-electron chi connectivity index (χ0n) is 21.1. The van der Waals surface area contributed by atoms with E-state index in [1.54, 1.807) is 0 Å². The van der Waals surface area contributed by atoms with Gasteiger partial charge in [0.05, 0.1) is 18.3 Å². The third-order valence-electron chi connectivity index (χ3n) is 11.8. The summed E-state index contributed by atoms with van der Waals surface area (Å²) in [5.74, 6) is 4.30. The van der Waals surface area contributed by atoms with Crippen LogP contribution < -0.4 is 0 Å². The molecule has 4 aliphatic carbocycles. The average molecular weight is 435 g/mol. The first-order chi connectivity index (χ1) is 14.5. The van der Waals surface area contributed by atoms with E-state index < -0.39 is 12.2 Å². The third-order valence-corrected chi connectivity index (χ3v) is 11.8. The van der Waals surface area contributed by atoms with Gasteiger partial charge in [-0.2, -0.15) is 0 Å². The fraction of sp³-hybridized carbons (Fsp3) is 1.00. The van der Waals surface area contributed by atoms with Gasteiger partial charge >= 0.3 is 0 Å². The van der Waals surface area contributed by atoms with Crippen molar-refractivity contribution in [2.24, 2.45) is 58.2 Å². The Hall–Kier alpha value is -0.120. The van der Waals surface area contributed by atoms with Crippen molar-refractivity contribution < 1.29 is 15.3 Å². The van der Waals surface area contributed by atoms with Crippen LogP contribution in [0.15, 0.2) is 0 Å². The van der Waals surface area contributed by atoms with Crippen LogP contribution in [0.1, 0.15) is 99.3 Å². The molecule has 0 aromatic rings. The van der Waals surface area contributed by atoms with E-state index in [1.165, 1.54) is 44.9 Å². The molecular weight excluding hydrogens is 384 g/mol. The minimum Gasteiger partial charge on any atom is -0.393 e. The van der Waals surface area contributed by atoms with Gasteiger partial charge in [0.25, 0.3) is 0 Å². The molecule has 12 atom stereocenters. The first-order valence-corrected chi connectivity index (χ1v) is 13.5. The molecule has 0 aromatic carbocycles. The van der Waals surface area contributed by atoms with E-state index in [2.05, 4.69) is 41.5 Å². The topological polar surface area (TPSA) is 60.7 Å². The monoisotopic (exact) mass is 434 g/mol. The molecule has 4 fully saturated rings. The summed E-state index contributed by atoms with van der Waals surface area (Å²) in [5.41, 5.74) is 0.731. The van der Waals surface area contributed by atoms with Crippen LogP contribution in [-0.2, 0) is 0 Å². The van der Waals surface area contributed by atoms with E-state index in [9.17, 15) is 15.3 Å². The molecule has 0 spiro atoms. The highest BCUT2D eigenvalue weighted by atomic mass is 16.3. The number of hydrogen-bond acceptors (Lipinski definition) is 3. The minimum atomic E-state index is -0.628. The lowest BCUT2D eigenvalue weighted by atomic mass is 9.44. The predicted octanol–water partition coefficient (Wildman–Crippen LogP) is 5.66. The molecule has 0 aliphatic heterocycles. The standard InChI is InChI=1S/C28H50O3/c1-16(2)17(3)25(30)26(31)18(4)22-9-10-23-21-8-7-19-15-20(29)11-13-27(19,5)24(21)12-14-28(22,23)6/h16-26,29-31H,7-15H2,1-6H3/t17-,18-,19-,20-,21-,22+,23?,24-,25+,26+,27-,28+/m0/s1. The zero-order valence-corrected chi connectivity index (χ0v) is 21.1. The fourth-order valence-corrected chi connectivity index (χ4v) is 9.39. The van der Waals surface area contributed by atoms with E-state index in [1.807, 2.05) is 0 Å². The molecule has 31 heavy (non-hydrogen) atoms. The second-order valence-corrected chi connectivity index (χ2v) is 13.3. The first-order valence-electron chi connectivity index (χ1n) is 13.5. The maximum Gasteiger partial charge on any atom is 0.0830 e. The molecule has 1 unspecified atom stereocenters. The molecule has 4 saturated carbocycles. The molecule has 0 heterocycles. The summed E-state index contributed by atoms with van der Waals surface area (Å²) in [6.07, 6.45) is 9.68. The molecule has 0 aromatic heterocycles. The largest absolute Gasteiger partial charge is 0.393 e. The number of aliphatic hydroxyl groups is 3. The van der Waals surface area contributed by atoms with Gasteiger partial charge in [0, 0.05) is 0 Å². The summed E-state index contributed by atoms with van der Waals surface area (Å²) in [6, 6.07) is 0. The Balaban J connectivity index is 1.51. The Morgan fingerprint density at radius 2 is 1.39 bits per heavy atom. The lowest BCUT2D eigenvalue weighted by Gasteiger charge is -2.61. The van der Waals surface area contributed by atoms with Gasteiger partial charge in [0.2, 0.25) is 0 Å². The second kappa shape index (κ2) is 8.58. The maximum atomic E-state index is 11.1. The van der Waals surface area contributed by atoms with Crippen LogP contribution in [0.2, 0.25) is 0 Å². The van der Waals surface area contributed by atoms with Gasteiger partial charge in [0.1, 0.15) is 0 Å². The Morgan fingerprint density at radius 1 is 0.742 bits per heavy atom. The molecule has 4 rings (SSSR count). The van der Waals surface area contributed by atoms with Crippen LogP contribution in [0.25, 0.3) is 0 Å². The quantitative estimate of drug-likeness (QED) is 0.523. The van der Waals surface area contributed by atoms with Crippen LogP contribution in [0, 0.1) is 58.2 Å². The lowest BCUT2D eigenvalue weighted by Crippen LogP contribution is -2.54. The summed E-state index contributed by atoms with van der Waals surface area (Å²) in [5, 5.41) is 32.3. The van der Waals surface area contributed by atoms with E-state index >= 15 is 0 Å². The second-order valence-electron chi connectivity index (χ2n) is 13.3. The van der Waals surface area contributed by atoms with Crippen LogP contribution in [0.3, 0.4) is 0 Å². The summed E-state index contributed by atoms with van der Waals surface area (Å²) in [4.78, 5) is 0. The summed E-state index contributed by atoms with van der Waals surface area (Å²) in [6.45, 7) is 13.7. The zero-order chi connectivity index (χ0) is 22.7. The molecule has 3 nitrogen and oxygen atoms in total. The fourth-order valence-electron chi connectivity index (χ4n) is 9.39. The average Bonchev–Trinajstić information content (AvgIpc) is 3.09. The minimum absolute atomic E-state index is 0.0682. The number of hydrogen-bond donors (Lipinski definition) is 3. The Morgan fingerprint density at radius 3 is 2.06 bits per heavy atom. The van der Waals surface area contributed by atoms with Crippen molar-refractivity contribution in [3.63, 3.8) is 0 Å². The van der Waals surface area contributed by atoms with Gasteiger partial charge < -0.3 is 15.3 Å². The van der Waals surface area contributed by atoms with Gasteiger partial charge in [-0.25, -0.2) is 0 Å². The van der Waals surface area contributed by atoms with Gasteiger partial charge in [-0.15, -0.1) is 0 Å². The van der Waals surface area contributed by atoms with E-state index in [-0.39, 0.29) is 17.9 Å². The van der Waals surface area contributed by atoms with Crippen molar-refractivity contribution in [3.05, 3.63) is 0 Å². The van der Waals surface area contributed by atoms with Crippen LogP contribution in [0.5, 0.6) is 0 Å². The summed E-state index contributed by atoms with van der Waals surface area (Å²) < 4.78 is 0. The Bertz CT molecular complexity index is 634. The molecule has 180 valence electrons. The van der Waals surface area contributed by atoms with Gasteiger partial charge in [0.15, 0.2) is 0 Å². The van der Waals surface area contributed by atoms with E-state index in [0.29, 0.717) is 28.6 Å². The molecule has 3 N–H and O–H groups in total. The highest BCUT2D eigenvalue weighted by molar-refractivity contribution is 5.10. The molecule has 0 amide bonds. The predicted molar refractivity (Wildman–Crippen MR) is 126 cm³/mol. The summed E-state index contributed by atoms with van der Waals surface area (Å²) >= 11 is 0. The molecule has 0 saturated heterocycles. The highest BCUT2D eigenvalue weighted by Crippen LogP contribution is 2.68. The Kier molecular flexibility index (Phi) is 6.65. The van der Waals surface area contributed by atoms with Crippen molar-refractivity contribution >= 4 is 0 Å². The van der Waals surface area contributed by atoms with Crippen LogP contribution in [0.4, 0.5) is 0 Å². The van der Waals surface area contributed by atoms with E-state index in [4.69, 9.17) is 0 Å².